The van der Waals surface area contributed by atoms with Crippen molar-refractivity contribution in [2.24, 2.45) is 0 Å². The zero-order valence-corrected chi connectivity index (χ0v) is 15.6. The van der Waals surface area contributed by atoms with Gasteiger partial charge in [-0.3, -0.25) is 0 Å². The molecule has 0 aliphatic carbocycles. The van der Waals surface area contributed by atoms with Crippen molar-refractivity contribution < 1.29 is 4.74 Å². The summed E-state index contributed by atoms with van der Waals surface area (Å²) in [4.78, 5) is 13.3. The molecule has 0 aliphatic rings. The molecule has 0 fully saturated rings. The normalized spacial score (nSPS) is 11.3. The maximum atomic E-state index is 6.23. The van der Waals surface area contributed by atoms with Crippen LogP contribution in [0.15, 0.2) is 35.8 Å². The maximum absolute atomic E-state index is 6.23. The average Bonchev–Trinajstić information content (AvgIpc) is 3.10. The smallest absolute Gasteiger partial charge is 0.217 e. The van der Waals surface area contributed by atoms with Gasteiger partial charge in [0.1, 0.15) is 11.6 Å². The molecule has 0 amide bonds. The number of ether oxygens (including phenoxy) is 1. The first-order valence-corrected chi connectivity index (χ1v) is 9.55. The van der Waals surface area contributed by atoms with E-state index in [1.165, 1.54) is 15.6 Å². The molecule has 0 spiro atoms. The van der Waals surface area contributed by atoms with Crippen LogP contribution in [0.1, 0.15) is 23.9 Å². The predicted octanol–water partition coefficient (Wildman–Crippen LogP) is 4.31. The summed E-state index contributed by atoms with van der Waals surface area (Å²) in [5.74, 6) is 1.76. The Morgan fingerprint density at radius 2 is 2.04 bits per heavy atom. The number of thiophene rings is 1. The van der Waals surface area contributed by atoms with Gasteiger partial charge in [-0.25, -0.2) is 15.0 Å². The van der Waals surface area contributed by atoms with Crippen molar-refractivity contribution in [1.29, 1.82) is 0 Å². The Morgan fingerprint density at radius 3 is 2.88 bits per heavy atom. The molecule has 132 valence electrons. The second-order valence-corrected chi connectivity index (χ2v) is 7.09. The van der Waals surface area contributed by atoms with Gasteiger partial charge >= 0.3 is 0 Å². The van der Waals surface area contributed by atoms with E-state index < -0.39 is 0 Å². The fourth-order valence-electron chi connectivity index (χ4n) is 3.35. The predicted molar refractivity (Wildman–Crippen MR) is 107 cm³/mol. The standard InChI is InChI=1S/C20H20N4OS/c1-3-25-20-15(18-16(11-22-20)23-12(2)24-19(18)21)8-7-13-5-4-6-17-14(13)9-10-26-17/h4-6,9-11H,3,7-8H2,1-2H3,(H2,21,23,24). The molecule has 0 aliphatic heterocycles. The highest BCUT2D eigenvalue weighted by Gasteiger charge is 2.16. The molecule has 3 heterocycles. The first kappa shape index (κ1) is 16.7. The second kappa shape index (κ2) is 6.88. The number of nitrogen functional groups attached to an aromatic ring is 1. The summed E-state index contributed by atoms with van der Waals surface area (Å²) in [6, 6.07) is 8.63. The van der Waals surface area contributed by atoms with Gasteiger partial charge in [0.15, 0.2) is 0 Å². The number of benzene rings is 1. The lowest BCUT2D eigenvalue weighted by Crippen LogP contribution is -2.06. The second-order valence-electron chi connectivity index (χ2n) is 6.14. The summed E-state index contributed by atoms with van der Waals surface area (Å²) in [5, 5.41) is 4.30. The van der Waals surface area contributed by atoms with Crippen LogP contribution in [0.4, 0.5) is 5.82 Å². The lowest BCUT2D eigenvalue weighted by molar-refractivity contribution is 0.323. The third-order valence-electron chi connectivity index (χ3n) is 4.45. The van der Waals surface area contributed by atoms with E-state index in [1.807, 2.05) is 13.8 Å². The molecular weight excluding hydrogens is 344 g/mol. The van der Waals surface area contributed by atoms with Gasteiger partial charge in [-0.15, -0.1) is 11.3 Å². The third kappa shape index (κ3) is 2.97. The summed E-state index contributed by atoms with van der Waals surface area (Å²) in [5.41, 5.74) is 9.29. The van der Waals surface area contributed by atoms with Gasteiger partial charge in [0.05, 0.1) is 23.7 Å². The van der Waals surface area contributed by atoms with Gasteiger partial charge in [0, 0.05) is 10.3 Å². The first-order chi connectivity index (χ1) is 12.7. The fraction of sp³-hybridized carbons (Fsp3) is 0.250. The minimum Gasteiger partial charge on any atom is -0.478 e. The van der Waals surface area contributed by atoms with E-state index in [0.29, 0.717) is 24.1 Å². The Kier molecular flexibility index (Phi) is 4.42. The molecule has 5 nitrogen and oxygen atoms in total. The summed E-state index contributed by atoms with van der Waals surface area (Å²) < 4.78 is 7.08. The number of hydrogen-bond acceptors (Lipinski definition) is 6. The monoisotopic (exact) mass is 364 g/mol. The fourth-order valence-corrected chi connectivity index (χ4v) is 4.19. The van der Waals surface area contributed by atoms with Crippen molar-refractivity contribution in [1.82, 2.24) is 15.0 Å². The maximum Gasteiger partial charge on any atom is 0.217 e. The van der Waals surface area contributed by atoms with Crippen LogP contribution in [0.3, 0.4) is 0 Å². The Morgan fingerprint density at radius 1 is 1.15 bits per heavy atom. The molecule has 0 saturated heterocycles. The third-order valence-corrected chi connectivity index (χ3v) is 5.33. The number of fused-ring (bicyclic) bond motifs is 2. The minimum absolute atomic E-state index is 0.486. The largest absolute Gasteiger partial charge is 0.478 e. The summed E-state index contributed by atoms with van der Waals surface area (Å²) in [6.07, 6.45) is 3.36. The number of hydrogen-bond donors (Lipinski definition) is 1. The van der Waals surface area contributed by atoms with Crippen molar-refractivity contribution in [3.8, 4) is 5.88 Å². The molecule has 0 unspecified atom stereocenters. The van der Waals surface area contributed by atoms with Crippen molar-refractivity contribution in [2.45, 2.75) is 26.7 Å². The van der Waals surface area contributed by atoms with Crippen LogP contribution in [0, 0.1) is 6.92 Å². The number of pyridine rings is 1. The highest BCUT2D eigenvalue weighted by atomic mass is 32.1. The Labute approximate surface area is 155 Å². The van der Waals surface area contributed by atoms with E-state index in [9.17, 15) is 0 Å². The van der Waals surface area contributed by atoms with Crippen LogP contribution in [0.2, 0.25) is 0 Å². The Balaban J connectivity index is 1.79. The summed E-state index contributed by atoms with van der Waals surface area (Å²) in [7, 11) is 0. The molecule has 0 atom stereocenters. The topological polar surface area (TPSA) is 73.9 Å². The van der Waals surface area contributed by atoms with Crippen LogP contribution in [-0.2, 0) is 12.8 Å². The van der Waals surface area contributed by atoms with Crippen molar-refractivity contribution in [2.75, 3.05) is 12.3 Å². The van der Waals surface area contributed by atoms with Crippen molar-refractivity contribution >= 4 is 38.1 Å². The molecule has 2 N–H and O–H groups in total. The van der Waals surface area contributed by atoms with Crippen LogP contribution in [0.25, 0.3) is 21.0 Å². The van der Waals surface area contributed by atoms with Gasteiger partial charge in [0.2, 0.25) is 5.88 Å². The highest BCUT2D eigenvalue weighted by Crippen LogP contribution is 2.31. The van der Waals surface area contributed by atoms with E-state index in [0.717, 1.165) is 29.3 Å². The van der Waals surface area contributed by atoms with Gasteiger partial charge in [-0.1, -0.05) is 12.1 Å². The summed E-state index contributed by atoms with van der Waals surface area (Å²) >= 11 is 1.76. The van der Waals surface area contributed by atoms with Crippen LogP contribution in [-0.4, -0.2) is 21.6 Å². The molecular formula is C20H20N4OS. The quantitative estimate of drug-likeness (QED) is 0.571. The molecule has 4 aromatic rings. The van der Waals surface area contributed by atoms with Gasteiger partial charge in [0.25, 0.3) is 0 Å². The Bertz CT molecular complexity index is 1090. The van der Waals surface area contributed by atoms with Gasteiger partial charge in [-0.05, 0) is 55.2 Å². The van der Waals surface area contributed by atoms with E-state index >= 15 is 0 Å². The van der Waals surface area contributed by atoms with Crippen LogP contribution >= 0.6 is 11.3 Å². The van der Waals surface area contributed by atoms with Crippen molar-refractivity contribution in [3.63, 3.8) is 0 Å². The first-order valence-electron chi connectivity index (χ1n) is 8.67. The molecule has 3 aromatic heterocycles. The van der Waals surface area contributed by atoms with Crippen LogP contribution in [0.5, 0.6) is 5.88 Å². The highest BCUT2D eigenvalue weighted by molar-refractivity contribution is 7.17. The molecule has 6 heteroatoms. The number of nitrogens with two attached hydrogens (primary N) is 1. The number of rotatable bonds is 5. The minimum atomic E-state index is 0.486. The molecule has 1 aromatic carbocycles. The molecule has 4 rings (SSSR count). The van der Waals surface area contributed by atoms with E-state index in [1.54, 1.807) is 17.5 Å². The molecule has 0 bridgehead atoms. The number of anilines is 1. The zero-order valence-electron chi connectivity index (χ0n) is 14.8. The Hall–Kier alpha value is -2.73. The lowest BCUT2D eigenvalue weighted by atomic mass is 10.00. The molecule has 0 radical (unpaired) electrons. The van der Waals surface area contributed by atoms with E-state index in [2.05, 4.69) is 44.6 Å². The van der Waals surface area contributed by atoms with Crippen molar-refractivity contribution in [3.05, 3.63) is 52.8 Å². The average molecular weight is 364 g/mol. The summed E-state index contributed by atoms with van der Waals surface area (Å²) in [6.45, 7) is 4.35. The molecule has 0 saturated carbocycles. The van der Waals surface area contributed by atoms with E-state index in [4.69, 9.17) is 10.5 Å². The lowest BCUT2D eigenvalue weighted by Gasteiger charge is -2.14. The van der Waals surface area contributed by atoms with E-state index in [-0.39, 0.29) is 0 Å². The van der Waals surface area contributed by atoms with Gasteiger partial charge < -0.3 is 10.5 Å². The number of aryl methyl sites for hydroxylation is 3. The number of aromatic nitrogens is 3. The SMILES string of the molecule is CCOc1ncc2nc(C)nc(N)c2c1CCc1cccc2sccc12. The zero-order chi connectivity index (χ0) is 18.1. The number of nitrogens with zero attached hydrogens (tertiary/aromatic N) is 3. The van der Waals surface area contributed by atoms with Crippen LogP contribution < -0.4 is 10.5 Å². The van der Waals surface area contributed by atoms with Gasteiger partial charge in [-0.2, -0.15) is 0 Å². The molecule has 26 heavy (non-hydrogen) atoms.